The van der Waals surface area contributed by atoms with Gasteiger partial charge in [-0.3, -0.25) is 4.79 Å². The Labute approximate surface area is 127 Å². The number of carboxylic acids is 1. The molecule has 7 nitrogen and oxygen atoms in total. The maximum absolute atomic E-state index is 12.5. The Morgan fingerprint density at radius 2 is 1.90 bits per heavy atom. The summed E-state index contributed by atoms with van der Waals surface area (Å²) < 4.78 is 37.0. The number of methoxy groups -OCH3 is 2. The molecule has 118 valence electrons. The predicted octanol–water partition coefficient (Wildman–Crippen LogP) is 0.409. The molecule has 0 bridgehead atoms. The average molecular weight is 335 g/mol. The fraction of sp³-hybridized carbons (Fsp3) is 0.583. The highest BCUT2D eigenvalue weighted by atomic mass is 32.2. The van der Waals surface area contributed by atoms with Crippen LogP contribution in [0.3, 0.4) is 0 Å². The van der Waals surface area contributed by atoms with Crippen molar-refractivity contribution in [1.29, 1.82) is 0 Å². The molecule has 1 aromatic rings. The number of hydrogen-bond donors (Lipinski definition) is 1. The highest BCUT2D eigenvalue weighted by Gasteiger charge is 2.40. The van der Waals surface area contributed by atoms with E-state index in [1.54, 1.807) is 0 Å². The lowest BCUT2D eigenvalue weighted by Crippen LogP contribution is -2.29. The van der Waals surface area contributed by atoms with E-state index in [9.17, 15) is 13.2 Å². The van der Waals surface area contributed by atoms with Crippen LogP contribution < -0.4 is 0 Å². The number of hydrogen-bond acceptors (Lipinski definition) is 6. The quantitative estimate of drug-likeness (QED) is 0.809. The summed E-state index contributed by atoms with van der Waals surface area (Å²) in [7, 11) is -0.607. The molecule has 0 radical (unpaired) electrons. The summed E-state index contributed by atoms with van der Waals surface area (Å²) in [5.74, 6) is -0.985. The smallest absolute Gasteiger partial charge is 0.308 e. The lowest BCUT2D eigenvalue weighted by molar-refractivity contribution is -0.136. The van der Waals surface area contributed by atoms with E-state index in [2.05, 4.69) is 0 Å². The van der Waals surface area contributed by atoms with Crippen LogP contribution in [0.15, 0.2) is 16.3 Å². The number of nitrogens with zero attached hydrogens (tertiary/aromatic N) is 1. The zero-order valence-electron chi connectivity index (χ0n) is 11.7. The van der Waals surface area contributed by atoms with Gasteiger partial charge in [0.05, 0.1) is 18.6 Å². The predicted molar refractivity (Wildman–Crippen MR) is 76.0 cm³/mol. The topological polar surface area (TPSA) is 93.1 Å². The number of sulfonamides is 1. The van der Waals surface area contributed by atoms with Crippen molar-refractivity contribution in [2.75, 3.05) is 27.3 Å². The Morgan fingerprint density at radius 1 is 1.33 bits per heavy atom. The summed E-state index contributed by atoms with van der Waals surface area (Å²) in [4.78, 5) is 11.2. The Kier molecular flexibility index (Phi) is 4.99. The first-order valence-corrected chi connectivity index (χ1v) is 8.50. The van der Waals surface area contributed by atoms with Gasteiger partial charge in [-0.25, -0.2) is 8.42 Å². The number of carboxylic acid groups (broad SMARTS) is 1. The first-order chi connectivity index (χ1) is 9.88. The first kappa shape index (κ1) is 16.4. The largest absolute Gasteiger partial charge is 0.481 e. The first-order valence-electron chi connectivity index (χ1n) is 6.24. The molecule has 0 aliphatic carbocycles. The van der Waals surface area contributed by atoms with Crippen LogP contribution in [0.1, 0.15) is 4.88 Å². The van der Waals surface area contributed by atoms with Crippen molar-refractivity contribution >= 4 is 27.3 Å². The third-order valence-corrected chi connectivity index (χ3v) is 6.73. The van der Waals surface area contributed by atoms with Crippen molar-refractivity contribution < 1.29 is 27.8 Å². The number of thiophene rings is 1. The Bertz CT molecular complexity index is 599. The molecular weight excluding hydrogens is 318 g/mol. The molecule has 1 fully saturated rings. The van der Waals surface area contributed by atoms with Crippen LogP contribution in [0.25, 0.3) is 0 Å². The number of carbonyl (C=O) groups is 1. The van der Waals surface area contributed by atoms with Crippen LogP contribution in [-0.4, -0.2) is 63.3 Å². The minimum Gasteiger partial charge on any atom is -0.481 e. The van der Waals surface area contributed by atoms with Crippen LogP contribution in [0.2, 0.25) is 0 Å². The van der Waals surface area contributed by atoms with Crippen LogP contribution in [-0.2, 0) is 30.7 Å². The summed E-state index contributed by atoms with van der Waals surface area (Å²) in [6.07, 6.45) is -0.784. The zero-order chi connectivity index (χ0) is 15.6. The molecule has 9 heteroatoms. The molecule has 1 N–H and O–H groups in total. The lowest BCUT2D eigenvalue weighted by atomic mass is 10.3. The summed E-state index contributed by atoms with van der Waals surface area (Å²) in [6.45, 7) is 0.451. The van der Waals surface area contributed by atoms with Crippen LogP contribution in [0, 0.1) is 0 Å². The minimum absolute atomic E-state index is 0.144. The monoisotopic (exact) mass is 335 g/mol. The number of rotatable bonds is 6. The van der Waals surface area contributed by atoms with Gasteiger partial charge in [0.25, 0.3) is 10.0 Å². The van der Waals surface area contributed by atoms with Gasteiger partial charge >= 0.3 is 5.97 Å². The third kappa shape index (κ3) is 3.43. The second-order valence-electron chi connectivity index (χ2n) is 4.66. The van der Waals surface area contributed by atoms with Crippen molar-refractivity contribution in [2.24, 2.45) is 0 Å². The molecule has 2 heterocycles. The van der Waals surface area contributed by atoms with Crippen LogP contribution >= 0.6 is 11.3 Å². The van der Waals surface area contributed by atoms with Crippen LogP contribution in [0.5, 0.6) is 0 Å². The molecule has 0 spiro atoms. The molecule has 1 aliphatic heterocycles. The van der Waals surface area contributed by atoms with Crippen molar-refractivity contribution in [1.82, 2.24) is 4.31 Å². The van der Waals surface area contributed by atoms with E-state index in [1.165, 1.54) is 30.7 Å². The maximum atomic E-state index is 12.5. The summed E-state index contributed by atoms with van der Waals surface area (Å²) in [6, 6.07) is 2.98. The molecule has 2 unspecified atom stereocenters. The van der Waals surface area contributed by atoms with Gasteiger partial charge in [-0.1, -0.05) is 0 Å². The Balaban J connectivity index is 2.18. The summed E-state index contributed by atoms with van der Waals surface area (Å²) in [5.41, 5.74) is 0. The van der Waals surface area contributed by atoms with Gasteiger partial charge in [-0.2, -0.15) is 4.31 Å². The van der Waals surface area contributed by atoms with Gasteiger partial charge in [-0.15, -0.1) is 11.3 Å². The van der Waals surface area contributed by atoms with Gasteiger partial charge in [0, 0.05) is 32.2 Å². The van der Waals surface area contributed by atoms with E-state index < -0.39 is 16.0 Å². The molecule has 0 aromatic carbocycles. The molecule has 0 amide bonds. The van der Waals surface area contributed by atoms with Gasteiger partial charge in [-0.05, 0) is 12.1 Å². The van der Waals surface area contributed by atoms with Gasteiger partial charge < -0.3 is 14.6 Å². The fourth-order valence-corrected chi connectivity index (χ4v) is 5.19. The number of ether oxygens (including phenoxy) is 2. The van der Waals surface area contributed by atoms with E-state index in [4.69, 9.17) is 14.6 Å². The Morgan fingerprint density at radius 3 is 2.38 bits per heavy atom. The molecular formula is C12H17NO6S2. The normalized spacial score (nSPS) is 23.5. The average Bonchev–Trinajstić information content (AvgIpc) is 3.04. The van der Waals surface area contributed by atoms with Crippen molar-refractivity contribution in [3.05, 3.63) is 17.0 Å². The standard InChI is InChI=1S/C12H17NO6S2/c1-18-9-6-13(7-10(9)19-2)21(16,17)12-4-3-8(20-12)5-11(14)15/h3-4,9-10H,5-7H2,1-2H3,(H,14,15). The highest BCUT2D eigenvalue weighted by molar-refractivity contribution is 7.91. The molecule has 2 rings (SSSR count). The van der Waals surface area contributed by atoms with Gasteiger partial charge in [0.1, 0.15) is 4.21 Å². The molecule has 21 heavy (non-hydrogen) atoms. The molecule has 1 aromatic heterocycles. The minimum atomic E-state index is -3.64. The second kappa shape index (κ2) is 6.41. The van der Waals surface area contributed by atoms with Crippen molar-refractivity contribution in [3.63, 3.8) is 0 Å². The summed E-state index contributed by atoms with van der Waals surface area (Å²) >= 11 is 0.981. The van der Waals surface area contributed by atoms with Gasteiger partial charge in [0.15, 0.2) is 0 Å². The SMILES string of the molecule is COC1CN(S(=O)(=O)c2ccc(CC(=O)O)s2)CC1OC. The van der Waals surface area contributed by atoms with E-state index in [0.717, 1.165) is 11.3 Å². The molecule has 0 saturated carbocycles. The maximum Gasteiger partial charge on any atom is 0.308 e. The summed E-state index contributed by atoms with van der Waals surface area (Å²) in [5, 5.41) is 8.74. The zero-order valence-corrected chi connectivity index (χ0v) is 13.3. The van der Waals surface area contributed by atoms with Crippen molar-refractivity contribution in [2.45, 2.75) is 22.8 Å². The third-order valence-electron chi connectivity index (χ3n) is 3.34. The number of aliphatic carboxylic acids is 1. The fourth-order valence-electron chi connectivity index (χ4n) is 2.23. The van der Waals surface area contributed by atoms with Gasteiger partial charge in [0.2, 0.25) is 0 Å². The highest BCUT2D eigenvalue weighted by Crippen LogP contribution is 2.29. The Hall–Kier alpha value is -1.00. The molecule has 1 aliphatic rings. The van der Waals surface area contributed by atoms with Crippen LogP contribution in [0.4, 0.5) is 0 Å². The van der Waals surface area contributed by atoms with E-state index in [0.29, 0.717) is 4.88 Å². The van der Waals surface area contributed by atoms with E-state index in [1.807, 2.05) is 0 Å². The van der Waals surface area contributed by atoms with Crippen molar-refractivity contribution in [3.8, 4) is 0 Å². The van der Waals surface area contributed by atoms with E-state index in [-0.39, 0.29) is 35.9 Å². The lowest BCUT2D eigenvalue weighted by Gasteiger charge is -2.14. The second-order valence-corrected chi connectivity index (χ2v) is 7.99. The van der Waals surface area contributed by atoms with E-state index >= 15 is 0 Å². The molecule has 2 atom stereocenters. The molecule has 1 saturated heterocycles.